The van der Waals surface area contributed by atoms with Crippen LogP contribution in [0.5, 0.6) is 0 Å². The molecule has 2 amide bonds. The Balaban J connectivity index is 1.74. The summed E-state index contributed by atoms with van der Waals surface area (Å²) in [6, 6.07) is 17.1. The minimum atomic E-state index is -1.06. The van der Waals surface area contributed by atoms with E-state index in [-0.39, 0.29) is 23.5 Å². The number of nitrogens with one attached hydrogen (secondary N) is 1. The Hall–Kier alpha value is -3.87. The van der Waals surface area contributed by atoms with Crippen molar-refractivity contribution in [3.63, 3.8) is 0 Å². The largest absolute Gasteiger partial charge is 0.350 e. The van der Waals surface area contributed by atoms with Crippen LogP contribution in [0.1, 0.15) is 11.3 Å². The molecule has 0 unspecified atom stereocenters. The van der Waals surface area contributed by atoms with E-state index in [2.05, 4.69) is 10.3 Å². The maximum absolute atomic E-state index is 13.6. The molecule has 0 saturated heterocycles. The molecule has 0 saturated carbocycles. The van der Waals surface area contributed by atoms with Crippen molar-refractivity contribution in [1.82, 2.24) is 9.88 Å². The Kier molecular flexibility index (Phi) is 4.87. The van der Waals surface area contributed by atoms with Crippen LogP contribution in [0.4, 0.5) is 14.5 Å². The van der Waals surface area contributed by atoms with Gasteiger partial charge in [-0.15, -0.1) is 0 Å². The van der Waals surface area contributed by atoms with Crippen LogP contribution in [-0.4, -0.2) is 21.7 Å². The Morgan fingerprint density at radius 2 is 1.62 bits per heavy atom. The van der Waals surface area contributed by atoms with E-state index in [1.54, 1.807) is 54.7 Å². The van der Waals surface area contributed by atoms with Crippen LogP contribution in [0, 0.1) is 11.6 Å². The topological polar surface area (TPSA) is 62.3 Å². The molecular weight excluding hydrogens is 376 g/mol. The lowest BCUT2D eigenvalue weighted by atomic mass is 10.0. The third-order valence-corrected chi connectivity index (χ3v) is 4.47. The molecule has 2 heterocycles. The van der Waals surface area contributed by atoms with E-state index in [0.29, 0.717) is 11.3 Å². The fraction of sp³-hybridized carbons (Fsp3) is 0.0455. The second-order valence-corrected chi connectivity index (χ2v) is 6.39. The van der Waals surface area contributed by atoms with Crippen molar-refractivity contribution in [2.75, 3.05) is 5.32 Å². The molecule has 144 valence electrons. The summed E-state index contributed by atoms with van der Waals surface area (Å²) >= 11 is 0. The highest BCUT2D eigenvalue weighted by molar-refractivity contribution is 6.36. The zero-order chi connectivity index (χ0) is 20.4. The van der Waals surface area contributed by atoms with Gasteiger partial charge >= 0.3 is 0 Å². The molecule has 0 atom stereocenters. The van der Waals surface area contributed by atoms with Crippen molar-refractivity contribution in [1.29, 1.82) is 0 Å². The number of carbonyl (C=O) groups excluding carboxylic acids is 2. The van der Waals surface area contributed by atoms with Crippen molar-refractivity contribution in [3.05, 3.63) is 102 Å². The SMILES string of the molecule is O=C1C(Nc2ccc(F)c(F)c2)=C(c2ccccc2)C(=O)N1Cc1ccccn1. The van der Waals surface area contributed by atoms with Crippen LogP contribution in [0.25, 0.3) is 5.57 Å². The molecule has 0 spiro atoms. The number of aromatic nitrogens is 1. The number of hydrogen-bond donors (Lipinski definition) is 1. The van der Waals surface area contributed by atoms with E-state index in [4.69, 9.17) is 0 Å². The number of pyridine rings is 1. The fourth-order valence-electron chi connectivity index (χ4n) is 3.08. The van der Waals surface area contributed by atoms with Gasteiger partial charge in [0.1, 0.15) is 5.70 Å². The zero-order valence-corrected chi connectivity index (χ0v) is 15.1. The predicted octanol–water partition coefficient (Wildman–Crippen LogP) is 3.75. The number of halogens is 2. The van der Waals surface area contributed by atoms with Crippen molar-refractivity contribution >= 4 is 23.1 Å². The normalized spacial score (nSPS) is 13.9. The molecule has 2 aromatic carbocycles. The van der Waals surface area contributed by atoms with Crippen LogP contribution >= 0.6 is 0 Å². The van der Waals surface area contributed by atoms with Gasteiger partial charge in [-0.2, -0.15) is 0 Å². The third kappa shape index (κ3) is 3.62. The number of amides is 2. The summed E-state index contributed by atoms with van der Waals surface area (Å²) in [5.74, 6) is -3.11. The Morgan fingerprint density at radius 1 is 0.862 bits per heavy atom. The fourth-order valence-corrected chi connectivity index (χ4v) is 3.08. The lowest BCUT2D eigenvalue weighted by molar-refractivity contribution is -0.137. The van der Waals surface area contributed by atoms with Gasteiger partial charge in [0.2, 0.25) is 0 Å². The summed E-state index contributed by atoms with van der Waals surface area (Å²) in [5, 5.41) is 2.79. The first-order valence-electron chi connectivity index (χ1n) is 8.82. The lowest BCUT2D eigenvalue weighted by Crippen LogP contribution is -2.32. The van der Waals surface area contributed by atoms with Crippen LogP contribution < -0.4 is 5.32 Å². The lowest BCUT2D eigenvalue weighted by Gasteiger charge is -2.14. The Morgan fingerprint density at radius 3 is 2.31 bits per heavy atom. The molecule has 5 nitrogen and oxygen atoms in total. The third-order valence-electron chi connectivity index (χ3n) is 4.47. The maximum atomic E-state index is 13.6. The molecule has 7 heteroatoms. The smallest absolute Gasteiger partial charge is 0.278 e. The van der Waals surface area contributed by atoms with Gasteiger partial charge in [-0.05, 0) is 29.8 Å². The number of nitrogens with zero attached hydrogens (tertiary/aromatic N) is 2. The van der Waals surface area contributed by atoms with Crippen molar-refractivity contribution in [2.45, 2.75) is 6.54 Å². The summed E-state index contributed by atoms with van der Waals surface area (Å²) in [6.45, 7) is -0.00218. The van der Waals surface area contributed by atoms with Crippen LogP contribution in [0.2, 0.25) is 0 Å². The quantitative estimate of drug-likeness (QED) is 0.673. The van der Waals surface area contributed by atoms with Gasteiger partial charge in [-0.25, -0.2) is 8.78 Å². The van der Waals surface area contributed by atoms with Crippen LogP contribution in [0.3, 0.4) is 0 Å². The maximum Gasteiger partial charge on any atom is 0.278 e. The molecule has 4 rings (SSSR count). The number of imide groups is 1. The van der Waals surface area contributed by atoms with E-state index >= 15 is 0 Å². The first-order chi connectivity index (χ1) is 14.0. The molecule has 3 aromatic rings. The van der Waals surface area contributed by atoms with E-state index in [1.807, 2.05) is 0 Å². The first-order valence-corrected chi connectivity index (χ1v) is 8.82. The highest BCUT2D eigenvalue weighted by Crippen LogP contribution is 2.31. The minimum Gasteiger partial charge on any atom is -0.350 e. The molecule has 1 N–H and O–H groups in total. The van der Waals surface area contributed by atoms with E-state index in [1.165, 1.54) is 6.07 Å². The molecular formula is C22H15F2N3O2. The second kappa shape index (κ2) is 7.63. The van der Waals surface area contributed by atoms with Crippen LogP contribution in [-0.2, 0) is 16.1 Å². The summed E-state index contributed by atoms with van der Waals surface area (Å²) in [7, 11) is 0. The minimum absolute atomic E-state index is 0.00218. The first kappa shape index (κ1) is 18.5. The summed E-state index contributed by atoms with van der Waals surface area (Å²) in [4.78, 5) is 31.4. The van der Waals surface area contributed by atoms with Gasteiger partial charge in [0.25, 0.3) is 11.8 Å². The molecule has 1 aliphatic heterocycles. The van der Waals surface area contributed by atoms with E-state index < -0.39 is 23.4 Å². The molecule has 1 aliphatic rings. The van der Waals surface area contributed by atoms with Gasteiger partial charge in [0.05, 0.1) is 17.8 Å². The van der Waals surface area contributed by atoms with Gasteiger partial charge in [-0.3, -0.25) is 19.5 Å². The second-order valence-electron chi connectivity index (χ2n) is 6.39. The zero-order valence-electron chi connectivity index (χ0n) is 15.1. The highest BCUT2D eigenvalue weighted by Gasteiger charge is 2.39. The summed E-state index contributed by atoms with van der Waals surface area (Å²) in [6.07, 6.45) is 1.58. The Labute approximate surface area is 165 Å². The summed E-state index contributed by atoms with van der Waals surface area (Å²) in [5.41, 5.74) is 1.42. The van der Waals surface area contributed by atoms with Crippen molar-refractivity contribution < 1.29 is 18.4 Å². The highest BCUT2D eigenvalue weighted by atomic mass is 19.2. The van der Waals surface area contributed by atoms with Crippen LogP contribution in [0.15, 0.2) is 78.6 Å². The Bertz CT molecular complexity index is 1120. The standard InChI is InChI=1S/C22H15F2N3O2/c23-17-10-9-15(12-18(17)24)26-20-19(14-6-2-1-3-7-14)21(28)27(22(20)29)13-16-8-4-5-11-25-16/h1-12,26H,13H2. The van der Waals surface area contributed by atoms with E-state index in [0.717, 1.165) is 17.0 Å². The van der Waals surface area contributed by atoms with Crippen molar-refractivity contribution in [2.24, 2.45) is 0 Å². The number of benzene rings is 2. The molecule has 0 fully saturated rings. The molecule has 0 aliphatic carbocycles. The summed E-state index contributed by atoms with van der Waals surface area (Å²) < 4.78 is 26.9. The van der Waals surface area contributed by atoms with Gasteiger partial charge in [0.15, 0.2) is 11.6 Å². The molecule has 0 radical (unpaired) electrons. The average molecular weight is 391 g/mol. The molecule has 0 bridgehead atoms. The monoisotopic (exact) mass is 391 g/mol. The predicted molar refractivity (Wildman–Crippen MR) is 103 cm³/mol. The number of carbonyl (C=O) groups is 2. The number of rotatable bonds is 5. The number of anilines is 1. The molecule has 1 aromatic heterocycles. The van der Waals surface area contributed by atoms with Gasteiger partial charge in [-0.1, -0.05) is 36.4 Å². The number of hydrogen-bond acceptors (Lipinski definition) is 4. The van der Waals surface area contributed by atoms with Crippen molar-refractivity contribution in [3.8, 4) is 0 Å². The molecule has 29 heavy (non-hydrogen) atoms. The average Bonchev–Trinajstić information content (AvgIpc) is 2.96. The van der Waals surface area contributed by atoms with E-state index in [9.17, 15) is 18.4 Å². The van der Waals surface area contributed by atoms with Gasteiger partial charge < -0.3 is 5.32 Å². The van der Waals surface area contributed by atoms with Gasteiger partial charge in [0, 0.05) is 18.0 Å².